The largest absolute Gasteiger partial charge is 0.347 e. The van der Waals surface area contributed by atoms with Gasteiger partial charge in [0.1, 0.15) is 29.3 Å². The lowest BCUT2D eigenvalue weighted by Crippen LogP contribution is -2.33. The maximum atomic E-state index is 14.5. The first-order chi connectivity index (χ1) is 18.5. The quantitative estimate of drug-likeness (QED) is 0.339. The van der Waals surface area contributed by atoms with Crippen LogP contribution in [0.3, 0.4) is 0 Å². The second-order valence-corrected chi connectivity index (χ2v) is 10.3. The number of imidazole rings is 1. The number of rotatable bonds is 6. The van der Waals surface area contributed by atoms with E-state index in [1.165, 1.54) is 37.0 Å². The SMILES string of the molecule is O=C(NCc1cc(F)cc(-c2cnn(-c3ccc(F)cc3)c2)c1)c1ncnc2nc(C34CCC(C3)C4)[nH]c12. The molecule has 8 nitrogen and oxygen atoms in total. The first-order valence-electron chi connectivity index (χ1n) is 12.6. The Morgan fingerprint density at radius 2 is 1.92 bits per heavy atom. The van der Waals surface area contributed by atoms with E-state index in [1.54, 1.807) is 35.3 Å². The van der Waals surface area contributed by atoms with E-state index in [2.05, 4.69) is 30.4 Å². The van der Waals surface area contributed by atoms with E-state index >= 15 is 0 Å². The summed E-state index contributed by atoms with van der Waals surface area (Å²) in [4.78, 5) is 29.6. The van der Waals surface area contributed by atoms with E-state index in [4.69, 9.17) is 0 Å². The van der Waals surface area contributed by atoms with Crippen LogP contribution >= 0.6 is 0 Å². The number of aromatic amines is 1. The molecule has 0 spiro atoms. The number of nitrogens with one attached hydrogen (secondary N) is 2. The van der Waals surface area contributed by atoms with Crippen molar-refractivity contribution >= 4 is 17.1 Å². The van der Waals surface area contributed by atoms with Crippen LogP contribution in [0.2, 0.25) is 0 Å². The van der Waals surface area contributed by atoms with E-state index < -0.39 is 11.7 Å². The van der Waals surface area contributed by atoms with Crippen molar-refractivity contribution in [1.29, 1.82) is 0 Å². The first kappa shape index (κ1) is 22.7. The third-order valence-electron chi connectivity index (χ3n) is 7.81. The van der Waals surface area contributed by atoms with Gasteiger partial charge in [0.15, 0.2) is 11.3 Å². The predicted octanol–water partition coefficient (Wildman–Crippen LogP) is 4.86. The van der Waals surface area contributed by atoms with Crippen LogP contribution < -0.4 is 5.32 Å². The van der Waals surface area contributed by atoms with Crippen LogP contribution in [-0.2, 0) is 12.0 Å². The summed E-state index contributed by atoms with van der Waals surface area (Å²) in [6.07, 6.45) is 9.29. The molecule has 3 fully saturated rings. The Bertz CT molecular complexity index is 1680. The van der Waals surface area contributed by atoms with Gasteiger partial charge >= 0.3 is 0 Å². The number of fused-ring (bicyclic) bond motifs is 2. The lowest BCUT2D eigenvalue weighted by Gasteiger charge is -2.36. The molecule has 2 N–H and O–H groups in total. The van der Waals surface area contributed by atoms with Gasteiger partial charge in [-0.2, -0.15) is 5.10 Å². The van der Waals surface area contributed by atoms with Crippen LogP contribution in [0, 0.1) is 17.6 Å². The molecule has 2 aromatic carbocycles. The third kappa shape index (κ3) is 3.84. The van der Waals surface area contributed by atoms with Crippen molar-refractivity contribution in [3.8, 4) is 16.8 Å². The zero-order chi connectivity index (χ0) is 25.9. The van der Waals surface area contributed by atoms with Crippen LogP contribution in [0.25, 0.3) is 28.0 Å². The molecule has 3 aromatic heterocycles. The molecule has 8 rings (SSSR count). The van der Waals surface area contributed by atoms with Crippen molar-refractivity contribution in [2.24, 2.45) is 5.92 Å². The van der Waals surface area contributed by atoms with Crippen LogP contribution in [0.5, 0.6) is 0 Å². The highest BCUT2D eigenvalue weighted by atomic mass is 19.1. The van der Waals surface area contributed by atoms with Crippen molar-refractivity contribution in [2.75, 3.05) is 0 Å². The fraction of sp³-hybridized carbons (Fsp3) is 0.250. The van der Waals surface area contributed by atoms with Gasteiger partial charge < -0.3 is 10.3 Å². The third-order valence-corrected chi connectivity index (χ3v) is 7.81. The maximum absolute atomic E-state index is 14.5. The Hall–Kier alpha value is -4.47. The maximum Gasteiger partial charge on any atom is 0.272 e. The smallest absolute Gasteiger partial charge is 0.272 e. The number of amides is 1. The van der Waals surface area contributed by atoms with Gasteiger partial charge in [-0.1, -0.05) is 0 Å². The molecule has 3 aliphatic rings. The summed E-state index contributed by atoms with van der Waals surface area (Å²) < 4.78 is 29.4. The Kier molecular flexibility index (Phi) is 5.10. The highest BCUT2D eigenvalue weighted by Crippen LogP contribution is 2.59. The molecule has 2 bridgehead atoms. The molecular formula is C28H23F2N7O. The van der Waals surface area contributed by atoms with Crippen molar-refractivity contribution in [3.63, 3.8) is 0 Å². The number of nitrogens with zero attached hydrogens (tertiary/aromatic N) is 5. The molecule has 0 atom stereocenters. The molecule has 38 heavy (non-hydrogen) atoms. The normalized spacial score (nSPS) is 20.0. The summed E-state index contributed by atoms with van der Waals surface area (Å²) in [5.74, 6) is 0.521. The minimum absolute atomic E-state index is 0.0849. The molecule has 0 aliphatic heterocycles. The fourth-order valence-corrected chi connectivity index (χ4v) is 5.89. The molecule has 0 unspecified atom stereocenters. The topological polar surface area (TPSA) is 101 Å². The molecule has 5 aromatic rings. The zero-order valence-corrected chi connectivity index (χ0v) is 20.3. The number of benzene rings is 2. The molecule has 3 heterocycles. The van der Waals surface area contributed by atoms with Gasteiger partial charge in [-0.05, 0) is 85.2 Å². The molecule has 0 radical (unpaired) electrons. The molecule has 1 amide bonds. The van der Waals surface area contributed by atoms with Crippen LogP contribution in [0.1, 0.15) is 47.6 Å². The van der Waals surface area contributed by atoms with Crippen molar-refractivity contribution in [3.05, 3.63) is 89.9 Å². The van der Waals surface area contributed by atoms with E-state index in [0.29, 0.717) is 33.5 Å². The standard InChI is InChI=1S/C28H23F2N7O/c29-20-1-3-22(4-2-20)37-14-19(13-34-37)18-7-17(8-21(30)9-18)12-31-26(38)24-23-25(33-15-32-24)36-27(35-23)28-6-5-16(10-28)11-28/h1-4,7-9,13-16H,5-6,10-12H2,(H,31,38)(H,32,33,35,36). The number of hydrogen-bond donors (Lipinski definition) is 2. The Labute approximate surface area is 216 Å². The molecule has 190 valence electrons. The highest BCUT2D eigenvalue weighted by molar-refractivity contribution is 6.02. The minimum atomic E-state index is -0.432. The molecule has 3 saturated carbocycles. The van der Waals surface area contributed by atoms with E-state index in [9.17, 15) is 13.6 Å². The number of halogens is 2. The summed E-state index contributed by atoms with van der Waals surface area (Å²) in [5, 5.41) is 7.16. The Morgan fingerprint density at radius 3 is 2.71 bits per heavy atom. The minimum Gasteiger partial charge on any atom is -0.347 e. The van der Waals surface area contributed by atoms with Gasteiger partial charge in [-0.15, -0.1) is 0 Å². The summed E-state index contributed by atoms with van der Waals surface area (Å²) >= 11 is 0. The van der Waals surface area contributed by atoms with Gasteiger partial charge in [-0.25, -0.2) is 28.4 Å². The lowest BCUT2D eigenvalue weighted by atomic mass is 9.69. The predicted molar refractivity (Wildman–Crippen MR) is 135 cm³/mol. The van der Waals surface area contributed by atoms with Gasteiger partial charge in [0.2, 0.25) is 0 Å². The number of carbonyl (C=O) groups excluding carboxylic acids is 1. The average Bonchev–Trinajstić information content (AvgIpc) is 3.69. The van der Waals surface area contributed by atoms with Crippen molar-refractivity contribution < 1.29 is 13.6 Å². The van der Waals surface area contributed by atoms with Gasteiger partial charge in [0.05, 0.1) is 11.9 Å². The zero-order valence-electron chi connectivity index (χ0n) is 20.3. The fourth-order valence-electron chi connectivity index (χ4n) is 5.89. The number of aromatic nitrogens is 6. The molecular weight excluding hydrogens is 488 g/mol. The molecule has 0 saturated heterocycles. The van der Waals surface area contributed by atoms with E-state index in [1.807, 2.05) is 0 Å². The summed E-state index contributed by atoms with van der Waals surface area (Å²) in [5.41, 5.74) is 3.88. The van der Waals surface area contributed by atoms with Crippen LogP contribution in [0.4, 0.5) is 8.78 Å². The summed E-state index contributed by atoms with van der Waals surface area (Å²) in [6, 6.07) is 10.5. The highest BCUT2D eigenvalue weighted by Gasteiger charge is 2.53. The number of carbonyl (C=O) groups is 1. The van der Waals surface area contributed by atoms with Gasteiger partial charge in [-0.3, -0.25) is 4.79 Å². The van der Waals surface area contributed by atoms with Crippen molar-refractivity contribution in [2.45, 2.75) is 37.6 Å². The molecule has 3 aliphatic carbocycles. The van der Waals surface area contributed by atoms with E-state index in [-0.39, 0.29) is 23.5 Å². The second-order valence-electron chi connectivity index (χ2n) is 10.3. The first-order valence-corrected chi connectivity index (χ1v) is 12.6. The number of H-pyrrole nitrogens is 1. The second kappa shape index (κ2) is 8.54. The van der Waals surface area contributed by atoms with Crippen LogP contribution in [0.15, 0.2) is 61.2 Å². The van der Waals surface area contributed by atoms with E-state index in [0.717, 1.165) is 31.0 Å². The van der Waals surface area contributed by atoms with Crippen molar-refractivity contribution in [1.82, 2.24) is 35.0 Å². The van der Waals surface area contributed by atoms with Gasteiger partial charge in [0, 0.05) is 23.7 Å². The van der Waals surface area contributed by atoms with Gasteiger partial charge in [0.25, 0.3) is 5.91 Å². The Morgan fingerprint density at radius 1 is 1.08 bits per heavy atom. The monoisotopic (exact) mass is 511 g/mol. The summed E-state index contributed by atoms with van der Waals surface area (Å²) in [7, 11) is 0. The Balaban J connectivity index is 1.10. The number of hydrogen-bond acceptors (Lipinski definition) is 5. The average molecular weight is 512 g/mol. The summed E-state index contributed by atoms with van der Waals surface area (Å²) in [6.45, 7) is 0.105. The van der Waals surface area contributed by atoms with Crippen LogP contribution in [-0.4, -0.2) is 35.6 Å². The lowest BCUT2D eigenvalue weighted by molar-refractivity contribution is 0.0947. The molecule has 10 heteroatoms.